The zero-order chi connectivity index (χ0) is 19.4. The first kappa shape index (κ1) is 19.4. The summed E-state index contributed by atoms with van der Waals surface area (Å²) in [6.07, 6.45) is 2.43. The molecule has 144 valence electrons. The fourth-order valence-electron chi connectivity index (χ4n) is 3.31. The van der Waals surface area contributed by atoms with Gasteiger partial charge in [-0.25, -0.2) is 4.98 Å². The molecule has 1 aliphatic heterocycles. The minimum atomic E-state index is -0.924. The van der Waals surface area contributed by atoms with Gasteiger partial charge in [-0.2, -0.15) is 0 Å². The first-order valence-corrected chi connectivity index (χ1v) is 9.09. The molecule has 0 saturated carbocycles. The average Bonchev–Trinajstić information content (AvgIpc) is 3.26. The zero-order valence-electron chi connectivity index (χ0n) is 14.9. The van der Waals surface area contributed by atoms with Gasteiger partial charge in [0.15, 0.2) is 11.7 Å². The summed E-state index contributed by atoms with van der Waals surface area (Å²) in [7, 11) is 1.57. The third kappa shape index (κ3) is 4.67. The van der Waals surface area contributed by atoms with Crippen LogP contribution in [0.3, 0.4) is 0 Å². The van der Waals surface area contributed by atoms with E-state index in [1.807, 2.05) is 18.2 Å². The third-order valence-electron chi connectivity index (χ3n) is 4.69. The van der Waals surface area contributed by atoms with Gasteiger partial charge in [-0.1, -0.05) is 23.7 Å². The zero-order valence-corrected chi connectivity index (χ0v) is 15.7. The van der Waals surface area contributed by atoms with E-state index in [0.717, 1.165) is 5.56 Å². The molecule has 2 aromatic rings. The molecule has 0 aliphatic carbocycles. The number of amides is 1. The Morgan fingerprint density at radius 3 is 2.89 bits per heavy atom. The Hall–Kier alpha value is -2.38. The SMILES string of the molecule is COC1CC(CC(=O)O)N(C(=O)CCc2ncc(-c3ccccc3Cl)o2)C1. The van der Waals surface area contributed by atoms with Crippen molar-refractivity contribution in [2.45, 2.75) is 37.8 Å². The molecule has 7 nitrogen and oxygen atoms in total. The Kier molecular flexibility index (Phi) is 6.13. The number of carboxylic acids is 1. The van der Waals surface area contributed by atoms with E-state index in [0.29, 0.717) is 36.1 Å². The molecular formula is C19H21ClN2O5. The standard InChI is InChI=1S/C19H21ClN2O5/c1-26-13-8-12(9-19(24)25)22(11-13)18(23)7-6-17-21-10-16(27-17)14-4-2-3-5-15(14)20/h2-5,10,12-13H,6-9,11H2,1H3,(H,24,25). The maximum Gasteiger partial charge on any atom is 0.305 e. The number of halogens is 1. The Balaban J connectivity index is 1.62. The normalized spacial score (nSPS) is 19.4. The highest BCUT2D eigenvalue weighted by molar-refractivity contribution is 6.33. The summed E-state index contributed by atoms with van der Waals surface area (Å²) in [5.74, 6) is -0.0621. The quantitative estimate of drug-likeness (QED) is 0.778. The Bertz CT molecular complexity index is 822. The lowest BCUT2D eigenvalue weighted by atomic mass is 10.1. The predicted molar refractivity (Wildman–Crippen MR) is 98.4 cm³/mol. The molecule has 1 amide bonds. The second-order valence-electron chi connectivity index (χ2n) is 6.49. The summed E-state index contributed by atoms with van der Waals surface area (Å²) in [6.45, 7) is 0.406. The minimum Gasteiger partial charge on any atom is -0.481 e. The van der Waals surface area contributed by atoms with E-state index in [1.54, 1.807) is 24.3 Å². The summed E-state index contributed by atoms with van der Waals surface area (Å²) in [4.78, 5) is 29.5. The van der Waals surface area contributed by atoms with Crippen LogP contribution in [0.5, 0.6) is 0 Å². The number of hydrogen-bond donors (Lipinski definition) is 1. The molecule has 1 saturated heterocycles. The first-order valence-electron chi connectivity index (χ1n) is 8.71. The van der Waals surface area contributed by atoms with Crippen LogP contribution in [0.2, 0.25) is 5.02 Å². The van der Waals surface area contributed by atoms with Crippen molar-refractivity contribution in [3.63, 3.8) is 0 Å². The van der Waals surface area contributed by atoms with Crippen molar-refractivity contribution in [3.8, 4) is 11.3 Å². The first-order chi connectivity index (χ1) is 13.0. The number of aromatic nitrogens is 1. The number of carbonyl (C=O) groups excluding carboxylic acids is 1. The van der Waals surface area contributed by atoms with Gasteiger partial charge in [0.05, 0.1) is 23.7 Å². The van der Waals surface area contributed by atoms with Gasteiger partial charge in [0.2, 0.25) is 5.91 Å². The van der Waals surface area contributed by atoms with Crippen LogP contribution >= 0.6 is 11.6 Å². The number of aryl methyl sites for hydroxylation is 1. The number of aliphatic carboxylic acids is 1. The van der Waals surface area contributed by atoms with Crippen molar-refractivity contribution in [1.82, 2.24) is 9.88 Å². The maximum atomic E-state index is 12.6. The van der Waals surface area contributed by atoms with Gasteiger partial charge in [0.25, 0.3) is 0 Å². The van der Waals surface area contributed by atoms with Gasteiger partial charge in [-0.05, 0) is 18.6 Å². The fourth-order valence-corrected chi connectivity index (χ4v) is 3.54. The molecular weight excluding hydrogens is 372 g/mol. The molecule has 3 rings (SSSR count). The van der Waals surface area contributed by atoms with Crippen LogP contribution in [-0.4, -0.2) is 52.7 Å². The Morgan fingerprint density at radius 1 is 1.41 bits per heavy atom. The molecule has 1 fully saturated rings. The molecule has 2 heterocycles. The molecule has 0 spiro atoms. The molecule has 1 aromatic heterocycles. The third-order valence-corrected chi connectivity index (χ3v) is 5.02. The smallest absolute Gasteiger partial charge is 0.305 e. The van der Waals surface area contributed by atoms with Crippen LogP contribution in [0.4, 0.5) is 0 Å². The number of ether oxygens (including phenoxy) is 1. The highest BCUT2D eigenvalue weighted by atomic mass is 35.5. The van der Waals surface area contributed by atoms with Crippen LogP contribution in [0, 0.1) is 0 Å². The van der Waals surface area contributed by atoms with Crippen molar-refractivity contribution in [2.24, 2.45) is 0 Å². The van der Waals surface area contributed by atoms with Crippen LogP contribution in [0.25, 0.3) is 11.3 Å². The minimum absolute atomic E-state index is 0.0821. The van der Waals surface area contributed by atoms with Crippen molar-refractivity contribution in [3.05, 3.63) is 41.4 Å². The molecule has 2 unspecified atom stereocenters. The molecule has 0 radical (unpaired) electrons. The predicted octanol–water partition coefficient (Wildman–Crippen LogP) is 3.02. The summed E-state index contributed by atoms with van der Waals surface area (Å²) >= 11 is 6.16. The van der Waals surface area contributed by atoms with Crippen LogP contribution in [0.15, 0.2) is 34.9 Å². The molecule has 0 bridgehead atoms. The lowest BCUT2D eigenvalue weighted by Crippen LogP contribution is -2.37. The van der Waals surface area contributed by atoms with Crippen LogP contribution < -0.4 is 0 Å². The Labute approximate surface area is 161 Å². The number of benzene rings is 1. The molecule has 8 heteroatoms. The summed E-state index contributed by atoms with van der Waals surface area (Å²) in [5.41, 5.74) is 0.744. The number of carbonyl (C=O) groups is 2. The lowest BCUT2D eigenvalue weighted by Gasteiger charge is -2.23. The number of carboxylic acid groups (broad SMARTS) is 1. The van der Waals surface area contributed by atoms with Gasteiger partial charge >= 0.3 is 5.97 Å². The molecule has 27 heavy (non-hydrogen) atoms. The molecule has 1 aromatic carbocycles. The Morgan fingerprint density at radius 2 is 2.19 bits per heavy atom. The number of hydrogen-bond acceptors (Lipinski definition) is 5. The number of oxazole rings is 1. The number of nitrogens with zero attached hydrogens (tertiary/aromatic N) is 2. The van der Waals surface area contributed by atoms with Crippen LogP contribution in [-0.2, 0) is 20.7 Å². The summed E-state index contributed by atoms with van der Waals surface area (Å²) < 4.78 is 11.0. The van der Waals surface area contributed by atoms with E-state index in [2.05, 4.69) is 4.98 Å². The van der Waals surface area contributed by atoms with Gasteiger partial charge in [-0.3, -0.25) is 9.59 Å². The topological polar surface area (TPSA) is 92.9 Å². The van der Waals surface area contributed by atoms with E-state index in [9.17, 15) is 9.59 Å². The van der Waals surface area contributed by atoms with E-state index in [4.69, 9.17) is 25.9 Å². The lowest BCUT2D eigenvalue weighted by molar-refractivity contribution is -0.139. The average molecular weight is 393 g/mol. The second-order valence-corrected chi connectivity index (χ2v) is 6.90. The number of likely N-dealkylation sites (tertiary alicyclic amines) is 1. The second kappa shape index (κ2) is 8.54. The van der Waals surface area contributed by atoms with Gasteiger partial charge in [-0.15, -0.1) is 0 Å². The highest BCUT2D eigenvalue weighted by Crippen LogP contribution is 2.28. The van der Waals surface area contributed by atoms with Crippen molar-refractivity contribution in [1.29, 1.82) is 0 Å². The number of rotatable bonds is 7. The fraction of sp³-hybridized carbons (Fsp3) is 0.421. The summed E-state index contributed by atoms with van der Waals surface area (Å²) in [6, 6.07) is 6.95. The molecule has 2 atom stereocenters. The van der Waals surface area contributed by atoms with E-state index < -0.39 is 5.97 Å². The monoisotopic (exact) mass is 392 g/mol. The van der Waals surface area contributed by atoms with E-state index >= 15 is 0 Å². The molecule has 1 N–H and O–H groups in total. The number of methoxy groups -OCH3 is 1. The summed E-state index contributed by atoms with van der Waals surface area (Å²) in [5, 5.41) is 9.62. The maximum absolute atomic E-state index is 12.6. The van der Waals surface area contributed by atoms with Gasteiger partial charge in [0, 0.05) is 38.1 Å². The van der Waals surface area contributed by atoms with Crippen molar-refractivity contribution >= 4 is 23.5 Å². The van der Waals surface area contributed by atoms with Gasteiger partial charge < -0.3 is 19.2 Å². The highest BCUT2D eigenvalue weighted by Gasteiger charge is 2.36. The van der Waals surface area contributed by atoms with E-state index in [1.165, 1.54) is 0 Å². The van der Waals surface area contributed by atoms with Crippen molar-refractivity contribution in [2.75, 3.05) is 13.7 Å². The van der Waals surface area contributed by atoms with E-state index in [-0.39, 0.29) is 30.9 Å². The van der Waals surface area contributed by atoms with Crippen molar-refractivity contribution < 1.29 is 23.8 Å². The molecule has 1 aliphatic rings. The largest absolute Gasteiger partial charge is 0.481 e. The van der Waals surface area contributed by atoms with Gasteiger partial charge in [0.1, 0.15) is 0 Å². The van der Waals surface area contributed by atoms with Crippen LogP contribution in [0.1, 0.15) is 25.2 Å².